The molecule has 0 saturated carbocycles. The second-order valence-corrected chi connectivity index (χ2v) is 3.96. The van der Waals surface area contributed by atoms with Crippen molar-refractivity contribution in [2.75, 3.05) is 0 Å². The molecule has 72 valence electrons. The maximum atomic E-state index is 5.99. The van der Waals surface area contributed by atoms with Crippen molar-refractivity contribution in [2.24, 2.45) is 0 Å². The Morgan fingerprint density at radius 2 is 2.29 bits per heavy atom. The Balaban J connectivity index is 2.36. The average Bonchev–Trinajstić information content (AvgIpc) is 2.59. The molecule has 2 aromatic heterocycles. The quantitative estimate of drug-likeness (QED) is 0.622. The van der Waals surface area contributed by atoms with Crippen molar-refractivity contribution < 1.29 is 0 Å². The fourth-order valence-electron chi connectivity index (χ4n) is 2.06. The van der Waals surface area contributed by atoms with E-state index in [1.165, 1.54) is 12.8 Å². The maximum absolute atomic E-state index is 5.99. The summed E-state index contributed by atoms with van der Waals surface area (Å²) < 4.78 is 2.26. The van der Waals surface area contributed by atoms with Gasteiger partial charge in [0.1, 0.15) is 11.3 Å². The predicted octanol–water partition coefficient (Wildman–Crippen LogP) is 2.42. The molecule has 0 aromatic carbocycles. The summed E-state index contributed by atoms with van der Waals surface area (Å²) in [5, 5.41) is 0.518. The minimum Gasteiger partial charge on any atom is -0.328 e. The van der Waals surface area contributed by atoms with Crippen LogP contribution in [-0.4, -0.2) is 14.5 Å². The summed E-state index contributed by atoms with van der Waals surface area (Å²) in [4.78, 5) is 8.56. The molecule has 14 heavy (non-hydrogen) atoms. The van der Waals surface area contributed by atoms with Gasteiger partial charge in [-0.15, -0.1) is 0 Å². The molecular formula is C10H10ClN3. The first-order valence-electron chi connectivity index (χ1n) is 4.86. The lowest BCUT2D eigenvalue weighted by atomic mass is 10.2. The lowest BCUT2D eigenvalue weighted by Gasteiger charge is -2.13. The monoisotopic (exact) mass is 207 g/mol. The molecule has 0 N–H and O–H groups in total. The van der Waals surface area contributed by atoms with Gasteiger partial charge in [0.2, 0.25) is 0 Å². The highest BCUT2D eigenvalue weighted by Gasteiger charge is 2.15. The molecule has 3 nitrogen and oxygen atoms in total. The average molecular weight is 208 g/mol. The number of rotatable bonds is 0. The number of aromatic nitrogens is 3. The molecule has 1 aliphatic rings. The van der Waals surface area contributed by atoms with Crippen LogP contribution in [0.2, 0.25) is 5.15 Å². The largest absolute Gasteiger partial charge is 0.328 e. The topological polar surface area (TPSA) is 30.7 Å². The Kier molecular flexibility index (Phi) is 1.74. The standard InChI is InChI=1S/C10H10ClN3/c11-10-9-7(4-5-12-10)14-6-2-1-3-8(14)13-9/h4-5H,1-3,6H2. The molecule has 0 unspecified atom stereocenters. The van der Waals surface area contributed by atoms with Gasteiger partial charge >= 0.3 is 0 Å². The summed E-state index contributed by atoms with van der Waals surface area (Å²) in [5.41, 5.74) is 1.98. The van der Waals surface area contributed by atoms with Crippen molar-refractivity contribution >= 4 is 22.6 Å². The summed E-state index contributed by atoms with van der Waals surface area (Å²) in [6, 6.07) is 1.99. The number of fused-ring (bicyclic) bond motifs is 3. The minimum absolute atomic E-state index is 0.518. The molecule has 3 heterocycles. The fraction of sp³-hybridized carbons (Fsp3) is 0.400. The highest BCUT2D eigenvalue weighted by atomic mass is 35.5. The maximum Gasteiger partial charge on any atom is 0.156 e. The van der Waals surface area contributed by atoms with Crippen LogP contribution in [0.3, 0.4) is 0 Å². The van der Waals surface area contributed by atoms with Crippen LogP contribution < -0.4 is 0 Å². The fourth-order valence-corrected chi connectivity index (χ4v) is 2.26. The Labute approximate surface area is 86.7 Å². The van der Waals surface area contributed by atoms with Gasteiger partial charge in [-0.05, 0) is 18.9 Å². The van der Waals surface area contributed by atoms with Gasteiger partial charge in [0.25, 0.3) is 0 Å². The Morgan fingerprint density at radius 3 is 3.21 bits per heavy atom. The van der Waals surface area contributed by atoms with Gasteiger partial charge in [-0.2, -0.15) is 0 Å². The molecule has 2 aromatic rings. The number of imidazole rings is 1. The zero-order chi connectivity index (χ0) is 9.54. The van der Waals surface area contributed by atoms with Crippen LogP contribution in [0, 0.1) is 0 Å². The van der Waals surface area contributed by atoms with E-state index in [0.29, 0.717) is 5.15 Å². The third-order valence-electron chi connectivity index (χ3n) is 2.73. The van der Waals surface area contributed by atoms with Crippen molar-refractivity contribution in [1.82, 2.24) is 14.5 Å². The highest BCUT2D eigenvalue weighted by molar-refractivity contribution is 6.33. The molecule has 0 spiro atoms. The number of halogens is 1. The number of aryl methyl sites for hydroxylation is 2. The summed E-state index contributed by atoms with van der Waals surface area (Å²) >= 11 is 5.99. The van der Waals surface area contributed by atoms with E-state index in [1.807, 2.05) is 6.07 Å². The highest BCUT2D eigenvalue weighted by Crippen LogP contribution is 2.25. The summed E-state index contributed by atoms with van der Waals surface area (Å²) in [7, 11) is 0. The van der Waals surface area contributed by atoms with Crippen LogP contribution in [-0.2, 0) is 13.0 Å². The SMILES string of the molecule is Clc1nccc2c1nc1n2CCCC1. The van der Waals surface area contributed by atoms with Crippen LogP contribution in [0.4, 0.5) is 0 Å². The molecule has 0 radical (unpaired) electrons. The Morgan fingerprint density at radius 1 is 1.36 bits per heavy atom. The molecule has 3 rings (SSSR count). The molecular weight excluding hydrogens is 198 g/mol. The number of hydrogen-bond donors (Lipinski definition) is 0. The molecule has 0 atom stereocenters. The predicted molar refractivity (Wildman–Crippen MR) is 55.5 cm³/mol. The van der Waals surface area contributed by atoms with Gasteiger partial charge < -0.3 is 4.57 Å². The molecule has 0 fully saturated rings. The molecule has 0 saturated heterocycles. The van der Waals surface area contributed by atoms with E-state index < -0.39 is 0 Å². The molecule has 1 aliphatic heterocycles. The van der Waals surface area contributed by atoms with Crippen LogP contribution in [0.15, 0.2) is 12.3 Å². The van der Waals surface area contributed by atoms with E-state index in [9.17, 15) is 0 Å². The van der Waals surface area contributed by atoms with Crippen LogP contribution in [0.1, 0.15) is 18.7 Å². The molecule has 0 bridgehead atoms. The van der Waals surface area contributed by atoms with Gasteiger partial charge in [0.05, 0.1) is 5.52 Å². The van der Waals surface area contributed by atoms with E-state index in [4.69, 9.17) is 11.6 Å². The van der Waals surface area contributed by atoms with Gasteiger partial charge in [-0.1, -0.05) is 11.6 Å². The van der Waals surface area contributed by atoms with E-state index >= 15 is 0 Å². The number of pyridine rings is 1. The van der Waals surface area contributed by atoms with Crippen LogP contribution >= 0.6 is 11.6 Å². The van der Waals surface area contributed by atoms with E-state index in [2.05, 4.69) is 14.5 Å². The first-order valence-corrected chi connectivity index (χ1v) is 5.23. The Hall–Kier alpha value is -1.09. The number of nitrogens with zero attached hydrogens (tertiary/aromatic N) is 3. The van der Waals surface area contributed by atoms with Crippen molar-refractivity contribution in [3.8, 4) is 0 Å². The normalized spacial score (nSPS) is 15.8. The lowest BCUT2D eigenvalue weighted by molar-refractivity contribution is 0.533. The first kappa shape index (κ1) is 8.24. The van der Waals surface area contributed by atoms with E-state index in [1.54, 1.807) is 6.20 Å². The molecule has 4 heteroatoms. The van der Waals surface area contributed by atoms with Crippen molar-refractivity contribution in [2.45, 2.75) is 25.8 Å². The van der Waals surface area contributed by atoms with Gasteiger partial charge in [0, 0.05) is 19.2 Å². The van der Waals surface area contributed by atoms with E-state index in [0.717, 1.165) is 29.8 Å². The van der Waals surface area contributed by atoms with Crippen molar-refractivity contribution in [3.63, 3.8) is 0 Å². The smallest absolute Gasteiger partial charge is 0.156 e. The zero-order valence-corrected chi connectivity index (χ0v) is 8.46. The second kappa shape index (κ2) is 2.95. The summed E-state index contributed by atoms with van der Waals surface area (Å²) in [5.74, 6) is 1.15. The Bertz CT molecular complexity index is 489. The minimum atomic E-state index is 0.518. The zero-order valence-electron chi connectivity index (χ0n) is 7.70. The second-order valence-electron chi connectivity index (χ2n) is 3.61. The van der Waals surface area contributed by atoms with Crippen molar-refractivity contribution in [1.29, 1.82) is 0 Å². The van der Waals surface area contributed by atoms with Gasteiger partial charge in [-0.3, -0.25) is 0 Å². The van der Waals surface area contributed by atoms with Gasteiger partial charge in [-0.25, -0.2) is 9.97 Å². The number of hydrogen-bond acceptors (Lipinski definition) is 2. The van der Waals surface area contributed by atoms with Crippen LogP contribution in [0.25, 0.3) is 11.0 Å². The molecule has 0 amide bonds. The lowest BCUT2D eigenvalue weighted by Crippen LogP contribution is -2.09. The van der Waals surface area contributed by atoms with Gasteiger partial charge in [0.15, 0.2) is 5.15 Å². The van der Waals surface area contributed by atoms with Crippen LogP contribution in [0.5, 0.6) is 0 Å². The summed E-state index contributed by atoms with van der Waals surface area (Å²) in [6.07, 6.45) is 5.27. The third-order valence-corrected chi connectivity index (χ3v) is 3.01. The molecule has 0 aliphatic carbocycles. The van der Waals surface area contributed by atoms with E-state index in [-0.39, 0.29) is 0 Å². The summed E-state index contributed by atoms with van der Waals surface area (Å²) in [6.45, 7) is 1.06. The first-order chi connectivity index (χ1) is 6.86. The third kappa shape index (κ3) is 1.05. The van der Waals surface area contributed by atoms with Crippen molar-refractivity contribution in [3.05, 3.63) is 23.2 Å².